The maximum absolute atomic E-state index is 11.6. The molecule has 2 unspecified atom stereocenters. The minimum absolute atomic E-state index is 0.259. The maximum Gasteiger partial charge on any atom is 0.197 e. The molecule has 2 rings (SSSR count). The van der Waals surface area contributed by atoms with E-state index in [1.165, 1.54) is 6.07 Å². The van der Waals surface area contributed by atoms with Crippen LogP contribution < -0.4 is 0 Å². The highest BCUT2D eigenvalue weighted by atomic mass is 35.5. The van der Waals surface area contributed by atoms with E-state index in [-0.39, 0.29) is 4.90 Å². The summed E-state index contributed by atoms with van der Waals surface area (Å²) in [6.07, 6.45) is 0. The van der Waals surface area contributed by atoms with Gasteiger partial charge in [0.15, 0.2) is 14.5 Å². The van der Waals surface area contributed by atoms with Gasteiger partial charge in [0.1, 0.15) is 0 Å². The van der Waals surface area contributed by atoms with E-state index >= 15 is 0 Å². The number of halogens is 2. The summed E-state index contributed by atoms with van der Waals surface area (Å²) in [5, 5.41) is -0.636. The summed E-state index contributed by atoms with van der Waals surface area (Å²) >= 11 is 11.6. The third-order valence-electron chi connectivity index (χ3n) is 2.05. The van der Waals surface area contributed by atoms with Crippen LogP contribution in [0.3, 0.4) is 0 Å². The Bertz CT molecular complexity index is 441. The van der Waals surface area contributed by atoms with Gasteiger partial charge in [-0.25, -0.2) is 8.42 Å². The molecule has 1 aromatic rings. The van der Waals surface area contributed by atoms with Crippen molar-refractivity contribution in [3.63, 3.8) is 0 Å². The molecule has 0 spiro atoms. The average molecular weight is 237 g/mol. The molecule has 0 radical (unpaired) electrons. The standard InChI is InChI=1S/C8H6Cl2O2S/c9-7-5-3-1-2-4-6(5)13(11,12)8(7)10/h1-4,7-8H. The molecule has 0 saturated heterocycles. The predicted octanol–water partition coefficient (Wildman–Crippen LogP) is 2.32. The molecule has 1 heterocycles. The molecule has 1 aliphatic rings. The lowest BCUT2D eigenvalue weighted by Crippen LogP contribution is -2.10. The molecule has 2 nitrogen and oxygen atoms in total. The maximum atomic E-state index is 11.6. The molecular weight excluding hydrogens is 231 g/mol. The first kappa shape index (κ1) is 9.31. The molecule has 70 valence electrons. The van der Waals surface area contributed by atoms with E-state index in [9.17, 15) is 8.42 Å². The van der Waals surface area contributed by atoms with Gasteiger partial charge in [-0.15, -0.1) is 23.2 Å². The molecule has 0 aliphatic carbocycles. The first-order chi connectivity index (χ1) is 6.05. The summed E-state index contributed by atoms with van der Waals surface area (Å²) in [5.41, 5.74) is 0.601. The zero-order valence-corrected chi connectivity index (χ0v) is 8.77. The third-order valence-corrected chi connectivity index (χ3v) is 5.62. The number of benzene rings is 1. The summed E-state index contributed by atoms with van der Waals surface area (Å²) in [4.78, 5) is 0.259. The van der Waals surface area contributed by atoms with Crippen LogP contribution in [-0.4, -0.2) is 13.1 Å². The van der Waals surface area contributed by atoms with Crippen LogP contribution in [0.1, 0.15) is 10.9 Å². The number of hydrogen-bond acceptors (Lipinski definition) is 2. The quantitative estimate of drug-likeness (QED) is 0.649. The molecular formula is C8H6Cl2O2S. The van der Waals surface area contributed by atoms with E-state index in [0.717, 1.165) is 0 Å². The third kappa shape index (κ3) is 1.18. The normalized spacial score (nSPS) is 30.0. The summed E-state index contributed by atoms with van der Waals surface area (Å²) in [7, 11) is -3.40. The Morgan fingerprint density at radius 3 is 2.38 bits per heavy atom. The van der Waals surface area contributed by atoms with Gasteiger partial charge < -0.3 is 0 Å². The van der Waals surface area contributed by atoms with E-state index < -0.39 is 19.9 Å². The van der Waals surface area contributed by atoms with E-state index in [1.54, 1.807) is 18.2 Å². The second kappa shape index (κ2) is 2.87. The lowest BCUT2D eigenvalue weighted by molar-refractivity contribution is 0.597. The van der Waals surface area contributed by atoms with Crippen LogP contribution in [-0.2, 0) is 9.84 Å². The van der Waals surface area contributed by atoms with Gasteiger partial charge in [0.2, 0.25) is 0 Å². The minimum atomic E-state index is -3.40. The van der Waals surface area contributed by atoms with Gasteiger partial charge in [-0.3, -0.25) is 0 Å². The van der Waals surface area contributed by atoms with Crippen molar-refractivity contribution in [3.05, 3.63) is 29.8 Å². The number of alkyl halides is 2. The molecule has 0 fully saturated rings. The molecule has 2 atom stereocenters. The summed E-state index contributed by atoms with van der Waals surface area (Å²) in [6, 6.07) is 6.63. The van der Waals surface area contributed by atoms with Crippen molar-refractivity contribution >= 4 is 33.0 Å². The van der Waals surface area contributed by atoms with Gasteiger partial charge in [-0.2, -0.15) is 0 Å². The molecule has 0 amide bonds. The summed E-state index contributed by atoms with van der Waals surface area (Å²) in [5.74, 6) is 0. The largest absolute Gasteiger partial charge is 0.222 e. The molecule has 0 N–H and O–H groups in total. The van der Waals surface area contributed by atoms with Gasteiger partial charge in [0.05, 0.1) is 10.3 Å². The SMILES string of the molecule is O=S1(=O)c2ccccc2C(Cl)C1Cl. The van der Waals surface area contributed by atoms with E-state index in [0.29, 0.717) is 5.56 Å². The zero-order chi connectivity index (χ0) is 9.64. The van der Waals surface area contributed by atoms with Crippen LogP contribution >= 0.6 is 23.2 Å². The van der Waals surface area contributed by atoms with Crippen LogP contribution in [0.15, 0.2) is 29.2 Å². The minimum Gasteiger partial charge on any atom is -0.222 e. The number of hydrogen-bond donors (Lipinski definition) is 0. The van der Waals surface area contributed by atoms with E-state index in [2.05, 4.69) is 0 Å². The predicted molar refractivity (Wildman–Crippen MR) is 51.9 cm³/mol. The molecule has 0 aromatic heterocycles. The Hall–Kier alpha value is -0.250. The second-order valence-corrected chi connectivity index (χ2v) is 6.07. The fourth-order valence-corrected chi connectivity index (χ4v) is 3.97. The van der Waals surface area contributed by atoms with Crippen molar-refractivity contribution in [3.8, 4) is 0 Å². The van der Waals surface area contributed by atoms with Crippen molar-refractivity contribution in [2.24, 2.45) is 0 Å². The van der Waals surface area contributed by atoms with Crippen LogP contribution in [0.5, 0.6) is 0 Å². The van der Waals surface area contributed by atoms with E-state index in [1.807, 2.05) is 0 Å². The van der Waals surface area contributed by atoms with Crippen molar-refractivity contribution in [2.45, 2.75) is 15.0 Å². The lowest BCUT2D eigenvalue weighted by Gasteiger charge is -2.02. The Morgan fingerprint density at radius 1 is 1.15 bits per heavy atom. The van der Waals surface area contributed by atoms with Crippen molar-refractivity contribution in [1.29, 1.82) is 0 Å². The Morgan fingerprint density at radius 2 is 1.77 bits per heavy atom. The van der Waals surface area contributed by atoms with Crippen molar-refractivity contribution in [1.82, 2.24) is 0 Å². The van der Waals surface area contributed by atoms with Crippen LogP contribution in [0, 0.1) is 0 Å². The van der Waals surface area contributed by atoms with Gasteiger partial charge in [-0.05, 0) is 11.6 Å². The molecule has 0 saturated carbocycles. The first-order valence-corrected chi connectivity index (χ1v) is 6.08. The molecule has 1 aromatic carbocycles. The average Bonchev–Trinajstić information content (AvgIpc) is 2.30. The van der Waals surface area contributed by atoms with Gasteiger partial charge in [-0.1, -0.05) is 18.2 Å². The van der Waals surface area contributed by atoms with Crippen LogP contribution in [0.25, 0.3) is 0 Å². The highest BCUT2D eigenvalue weighted by Crippen LogP contribution is 2.44. The zero-order valence-electron chi connectivity index (χ0n) is 6.44. The highest BCUT2D eigenvalue weighted by molar-refractivity contribution is 7.93. The van der Waals surface area contributed by atoms with Crippen molar-refractivity contribution in [2.75, 3.05) is 0 Å². The Kier molecular flexibility index (Phi) is 2.06. The fraction of sp³-hybridized carbons (Fsp3) is 0.250. The van der Waals surface area contributed by atoms with Gasteiger partial charge in [0.25, 0.3) is 0 Å². The topological polar surface area (TPSA) is 34.1 Å². The van der Waals surface area contributed by atoms with Crippen LogP contribution in [0.2, 0.25) is 0 Å². The Labute approximate surface area is 86.4 Å². The van der Waals surface area contributed by atoms with Gasteiger partial charge >= 0.3 is 0 Å². The number of fused-ring (bicyclic) bond motifs is 1. The monoisotopic (exact) mass is 236 g/mol. The first-order valence-electron chi connectivity index (χ1n) is 3.66. The molecule has 1 aliphatic heterocycles. The fourth-order valence-electron chi connectivity index (χ4n) is 1.39. The van der Waals surface area contributed by atoms with E-state index in [4.69, 9.17) is 23.2 Å². The molecule has 13 heavy (non-hydrogen) atoms. The lowest BCUT2D eigenvalue weighted by atomic mass is 10.2. The molecule has 0 bridgehead atoms. The second-order valence-electron chi connectivity index (χ2n) is 2.84. The van der Waals surface area contributed by atoms with Gasteiger partial charge in [0, 0.05) is 0 Å². The highest BCUT2D eigenvalue weighted by Gasteiger charge is 2.42. The Balaban J connectivity index is 2.76. The van der Waals surface area contributed by atoms with Crippen molar-refractivity contribution < 1.29 is 8.42 Å². The summed E-state index contributed by atoms with van der Waals surface area (Å²) < 4.78 is 22.1. The smallest absolute Gasteiger partial charge is 0.197 e. The summed E-state index contributed by atoms with van der Waals surface area (Å²) in [6.45, 7) is 0. The van der Waals surface area contributed by atoms with Crippen LogP contribution in [0.4, 0.5) is 0 Å². The number of sulfone groups is 1. The molecule has 5 heteroatoms. The number of rotatable bonds is 0.